The number of piperidine rings is 1. The standard InChI is InChI=1S/C20H23N5O5S/c1-13-2-6-16(7-3-13)31(29,30)25-9-8-17-18(21-12-22-19(17)25)23-14-4-5-15(11-26)24(10-14)20(27)28/h2-3,6-9,12,14-15,26H,4-5,10-11H2,1H3,(H,27,28)(H,21,22,23). The highest BCUT2D eigenvalue weighted by molar-refractivity contribution is 7.90. The number of likely N-dealkylation sites (tertiary alicyclic amines) is 1. The molecule has 2 aromatic heterocycles. The SMILES string of the molecule is Cc1ccc(S(=O)(=O)n2ccc3c(NC4CCC(CO)N(C(=O)O)C4)ncnc32)cc1. The van der Waals surface area contributed by atoms with Crippen molar-refractivity contribution in [2.24, 2.45) is 0 Å². The zero-order valence-electron chi connectivity index (χ0n) is 16.8. The second kappa shape index (κ2) is 8.16. The Balaban J connectivity index is 1.64. The van der Waals surface area contributed by atoms with Crippen molar-refractivity contribution in [3.63, 3.8) is 0 Å². The van der Waals surface area contributed by atoms with Crippen LogP contribution in [0.3, 0.4) is 0 Å². The first kappa shape index (κ1) is 21.1. The Morgan fingerprint density at radius 1 is 1.19 bits per heavy atom. The fourth-order valence-corrected chi connectivity index (χ4v) is 5.12. The van der Waals surface area contributed by atoms with Gasteiger partial charge >= 0.3 is 6.09 Å². The number of hydrogen-bond acceptors (Lipinski definition) is 7. The highest BCUT2D eigenvalue weighted by atomic mass is 32.2. The number of nitrogens with zero attached hydrogens (tertiary/aromatic N) is 4. The third kappa shape index (κ3) is 3.93. The Hall–Kier alpha value is -3.18. The van der Waals surface area contributed by atoms with Gasteiger partial charge in [0, 0.05) is 18.8 Å². The maximum absolute atomic E-state index is 13.1. The molecule has 4 rings (SSSR count). The Labute approximate surface area is 179 Å². The maximum Gasteiger partial charge on any atom is 0.407 e. The van der Waals surface area contributed by atoms with E-state index >= 15 is 0 Å². The lowest BCUT2D eigenvalue weighted by Crippen LogP contribution is -2.51. The van der Waals surface area contributed by atoms with Gasteiger partial charge < -0.3 is 20.4 Å². The predicted molar refractivity (Wildman–Crippen MR) is 114 cm³/mol. The summed E-state index contributed by atoms with van der Waals surface area (Å²) in [6.45, 7) is 1.84. The number of aliphatic hydroxyl groups is 1. The van der Waals surface area contributed by atoms with E-state index in [-0.39, 0.29) is 29.7 Å². The van der Waals surface area contributed by atoms with E-state index in [1.165, 1.54) is 17.4 Å². The highest BCUT2D eigenvalue weighted by Crippen LogP contribution is 2.27. The summed E-state index contributed by atoms with van der Waals surface area (Å²) in [5.74, 6) is 0.431. The Bertz CT molecular complexity index is 1210. The summed E-state index contributed by atoms with van der Waals surface area (Å²) in [5.41, 5.74) is 1.19. The normalized spacial score (nSPS) is 19.5. The van der Waals surface area contributed by atoms with Gasteiger partial charge in [-0.2, -0.15) is 0 Å². The van der Waals surface area contributed by atoms with Crippen LogP contribution in [0, 0.1) is 6.92 Å². The monoisotopic (exact) mass is 445 g/mol. The summed E-state index contributed by atoms with van der Waals surface area (Å²) in [4.78, 5) is 21.3. The van der Waals surface area contributed by atoms with Crippen LogP contribution in [0.4, 0.5) is 10.6 Å². The van der Waals surface area contributed by atoms with Crippen molar-refractivity contribution in [2.75, 3.05) is 18.5 Å². The van der Waals surface area contributed by atoms with Gasteiger partial charge in [0.15, 0.2) is 5.65 Å². The molecule has 3 N–H and O–H groups in total. The molecular weight excluding hydrogens is 422 g/mol. The first-order valence-corrected chi connectivity index (χ1v) is 11.3. The van der Waals surface area contributed by atoms with Crippen LogP contribution >= 0.6 is 0 Å². The number of hydrogen-bond donors (Lipinski definition) is 3. The van der Waals surface area contributed by atoms with Crippen LogP contribution in [0.15, 0.2) is 47.8 Å². The molecule has 2 unspecified atom stereocenters. The first-order chi connectivity index (χ1) is 14.8. The van der Waals surface area contributed by atoms with E-state index in [0.29, 0.717) is 24.0 Å². The number of rotatable bonds is 5. The summed E-state index contributed by atoms with van der Waals surface area (Å²) in [6, 6.07) is 7.54. The lowest BCUT2D eigenvalue weighted by molar-refractivity contribution is 0.0741. The van der Waals surface area contributed by atoms with Gasteiger partial charge in [0.25, 0.3) is 10.0 Å². The number of fused-ring (bicyclic) bond motifs is 1. The van der Waals surface area contributed by atoms with E-state index in [1.54, 1.807) is 30.3 Å². The molecule has 31 heavy (non-hydrogen) atoms. The number of amides is 1. The minimum Gasteiger partial charge on any atom is -0.465 e. The average molecular weight is 446 g/mol. The molecule has 1 fully saturated rings. The number of carbonyl (C=O) groups is 1. The Kier molecular flexibility index (Phi) is 5.54. The zero-order valence-corrected chi connectivity index (χ0v) is 17.7. The molecular formula is C20H23N5O5S. The lowest BCUT2D eigenvalue weighted by Gasteiger charge is -2.37. The molecule has 2 atom stereocenters. The van der Waals surface area contributed by atoms with Gasteiger partial charge in [0.2, 0.25) is 0 Å². The molecule has 0 bridgehead atoms. The van der Waals surface area contributed by atoms with Crippen LogP contribution < -0.4 is 5.32 Å². The maximum atomic E-state index is 13.1. The van der Waals surface area contributed by atoms with Crippen LogP contribution in [0.25, 0.3) is 11.0 Å². The number of aryl methyl sites for hydroxylation is 1. The Morgan fingerprint density at radius 2 is 1.94 bits per heavy atom. The summed E-state index contributed by atoms with van der Waals surface area (Å²) in [5, 5.41) is 22.6. The largest absolute Gasteiger partial charge is 0.465 e. The number of benzene rings is 1. The van der Waals surface area contributed by atoms with E-state index < -0.39 is 22.2 Å². The number of nitrogens with one attached hydrogen (secondary N) is 1. The molecule has 1 aliphatic heterocycles. The second-order valence-corrected chi connectivity index (χ2v) is 9.39. The predicted octanol–water partition coefficient (Wildman–Crippen LogP) is 1.89. The summed E-state index contributed by atoms with van der Waals surface area (Å²) in [7, 11) is -3.83. The number of aliphatic hydroxyl groups excluding tert-OH is 1. The van der Waals surface area contributed by atoms with E-state index in [9.17, 15) is 23.4 Å². The lowest BCUT2D eigenvalue weighted by atomic mass is 9.99. The molecule has 164 valence electrons. The van der Waals surface area contributed by atoms with Gasteiger partial charge in [-0.15, -0.1) is 0 Å². The summed E-state index contributed by atoms with van der Waals surface area (Å²) >= 11 is 0. The third-order valence-corrected chi connectivity index (χ3v) is 7.21. The molecule has 0 aliphatic carbocycles. The van der Waals surface area contributed by atoms with Gasteiger partial charge in [-0.25, -0.2) is 27.2 Å². The average Bonchev–Trinajstić information content (AvgIpc) is 3.20. The van der Waals surface area contributed by atoms with Gasteiger partial charge in [0.1, 0.15) is 12.1 Å². The molecule has 0 radical (unpaired) electrons. The van der Waals surface area contributed by atoms with E-state index in [1.807, 2.05) is 6.92 Å². The van der Waals surface area contributed by atoms with E-state index in [2.05, 4.69) is 15.3 Å². The molecule has 0 spiro atoms. The van der Waals surface area contributed by atoms with Crippen LogP contribution in [-0.2, 0) is 10.0 Å². The molecule has 1 saturated heterocycles. The van der Waals surface area contributed by atoms with E-state index in [4.69, 9.17) is 0 Å². The molecule has 1 aliphatic rings. The van der Waals surface area contributed by atoms with Gasteiger partial charge in [-0.1, -0.05) is 17.7 Å². The van der Waals surface area contributed by atoms with Crippen LogP contribution in [-0.4, -0.2) is 68.8 Å². The smallest absolute Gasteiger partial charge is 0.407 e. The van der Waals surface area contributed by atoms with E-state index in [0.717, 1.165) is 9.54 Å². The molecule has 10 nitrogen and oxygen atoms in total. The Morgan fingerprint density at radius 3 is 2.61 bits per heavy atom. The molecule has 1 aromatic carbocycles. The molecule has 3 heterocycles. The van der Waals surface area contributed by atoms with Crippen molar-refractivity contribution >= 4 is 33.0 Å². The van der Waals surface area contributed by atoms with Crippen molar-refractivity contribution in [3.05, 3.63) is 48.4 Å². The van der Waals surface area contributed by atoms with Gasteiger partial charge in [0.05, 0.1) is 22.9 Å². The van der Waals surface area contributed by atoms with Crippen LogP contribution in [0.1, 0.15) is 18.4 Å². The molecule has 1 amide bonds. The fraction of sp³-hybridized carbons (Fsp3) is 0.350. The summed E-state index contributed by atoms with van der Waals surface area (Å²) in [6.07, 6.45) is 2.78. The number of anilines is 1. The van der Waals surface area contributed by atoms with Crippen LogP contribution in [0.2, 0.25) is 0 Å². The second-order valence-electron chi connectivity index (χ2n) is 7.58. The summed E-state index contributed by atoms with van der Waals surface area (Å²) < 4.78 is 27.3. The van der Waals surface area contributed by atoms with Crippen molar-refractivity contribution in [3.8, 4) is 0 Å². The minimum atomic E-state index is -3.83. The third-order valence-electron chi connectivity index (χ3n) is 5.53. The van der Waals surface area contributed by atoms with Crippen LogP contribution in [0.5, 0.6) is 0 Å². The van der Waals surface area contributed by atoms with Crippen molar-refractivity contribution < 1.29 is 23.4 Å². The molecule has 11 heteroatoms. The zero-order chi connectivity index (χ0) is 22.2. The number of aromatic nitrogens is 3. The highest BCUT2D eigenvalue weighted by Gasteiger charge is 2.31. The fourth-order valence-electron chi connectivity index (χ4n) is 3.82. The first-order valence-electron chi connectivity index (χ1n) is 9.82. The quantitative estimate of drug-likeness (QED) is 0.541. The number of carboxylic acid groups (broad SMARTS) is 1. The minimum absolute atomic E-state index is 0.156. The molecule has 3 aromatic rings. The van der Waals surface area contributed by atoms with Crippen molar-refractivity contribution in [1.29, 1.82) is 0 Å². The van der Waals surface area contributed by atoms with Crippen molar-refractivity contribution in [1.82, 2.24) is 18.8 Å². The topological polar surface area (TPSA) is 138 Å². The van der Waals surface area contributed by atoms with Gasteiger partial charge in [-0.05, 0) is 38.0 Å². The van der Waals surface area contributed by atoms with Crippen molar-refractivity contribution in [2.45, 2.75) is 36.7 Å². The van der Waals surface area contributed by atoms with Gasteiger partial charge in [-0.3, -0.25) is 0 Å². The molecule has 0 saturated carbocycles.